The molecule has 0 N–H and O–H groups in total. The van der Waals surface area contributed by atoms with Gasteiger partial charge in [0.2, 0.25) is 0 Å². The first-order valence-corrected chi connectivity index (χ1v) is 8.85. The van der Waals surface area contributed by atoms with Gasteiger partial charge in [-0.1, -0.05) is 37.8 Å². The van der Waals surface area contributed by atoms with Crippen LogP contribution >= 0.6 is 11.6 Å². The Morgan fingerprint density at radius 2 is 2.08 bits per heavy atom. The van der Waals surface area contributed by atoms with Crippen molar-refractivity contribution in [1.29, 1.82) is 0 Å². The standard InChI is InChI=1S/C19H24ClNO3/c1-3-4-5-6-8-14(2)24-18(22)13-23-17-11-10-16(20)15-9-7-12-21-19(15)17/h7,9-12,14H,3-6,8,13H2,1-2H3. The summed E-state index contributed by atoms with van der Waals surface area (Å²) in [6, 6.07) is 7.14. The number of unbranched alkanes of at least 4 members (excludes halogenated alkanes) is 3. The van der Waals surface area contributed by atoms with Gasteiger partial charge in [-0.25, -0.2) is 4.79 Å². The third kappa shape index (κ3) is 5.38. The number of carbonyl (C=O) groups excluding carboxylic acids is 1. The molecule has 0 aliphatic carbocycles. The van der Waals surface area contributed by atoms with E-state index in [1.165, 1.54) is 19.3 Å². The molecule has 1 aromatic heterocycles. The van der Waals surface area contributed by atoms with Crippen LogP contribution in [0, 0.1) is 0 Å². The molecule has 0 bridgehead atoms. The van der Waals surface area contributed by atoms with Crippen LogP contribution in [0.15, 0.2) is 30.5 Å². The van der Waals surface area contributed by atoms with Crippen molar-refractivity contribution < 1.29 is 14.3 Å². The lowest BCUT2D eigenvalue weighted by Crippen LogP contribution is -2.20. The fourth-order valence-electron chi connectivity index (χ4n) is 2.54. The minimum atomic E-state index is -0.364. The third-order valence-electron chi connectivity index (χ3n) is 3.82. The number of hydrogen-bond donors (Lipinski definition) is 0. The molecule has 2 aromatic rings. The van der Waals surface area contributed by atoms with Gasteiger partial charge >= 0.3 is 5.97 Å². The summed E-state index contributed by atoms with van der Waals surface area (Å²) in [6.07, 6.45) is 7.15. The molecule has 0 radical (unpaired) electrons. The van der Waals surface area contributed by atoms with Gasteiger partial charge in [-0.05, 0) is 44.0 Å². The lowest BCUT2D eigenvalue weighted by atomic mass is 10.1. The zero-order valence-electron chi connectivity index (χ0n) is 14.3. The number of ether oxygens (including phenoxy) is 2. The summed E-state index contributed by atoms with van der Waals surface area (Å²) < 4.78 is 11.0. The fourth-order valence-corrected chi connectivity index (χ4v) is 2.76. The average Bonchev–Trinajstić information content (AvgIpc) is 2.58. The second-order valence-electron chi connectivity index (χ2n) is 5.88. The quantitative estimate of drug-likeness (QED) is 0.463. The minimum absolute atomic E-state index is 0.0851. The van der Waals surface area contributed by atoms with Gasteiger partial charge in [0.1, 0.15) is 11.3 Å². The number of halogens is 1. The van der Waals surface area contributed by atoms with Crippen LogP contribution in [-0.2, 0) is 9.53 Å². The maximum absolute atomic E-state index is 11.9. The van der Waals surface area contributed by atoms with Crippen molar-refractivity contribution in [3.8, 4) is 5.75 Å². The number of pyridine rings is 1. The molecule has 5 heteroatoms. The number of carbonyl (C=O) groups is 1. The Hall–Kier alpha value is -1.81. The summed E-state index contributed by atoms with van der Waals surface area (Å²) in [5, 5.41) is 1.41. The van der Waals surface area contributed by atoms with Gasteiger partial charge < -0.3 is 9.47 Å². The van der Waals surface area contributed by atoms with E-state index in [9.17, 15) is 4.79 Å². The van der Waals surface area contributed by atoms with Crippen LogP contribution in [0.3, 0.4) is 0 Å². The van der Waals surface area contributed by atoms with Gasteiger partial charge in [-0.2, -0.15) is 0 Å². The fraction of sp³-hybridized carbons (Fsp3) is 0.474. The minimum Gasteiger partial charge on any atom is -0.480 e. The lowest BCUT2D eigenvalue weighted by Gasteiger charge is -2.14. The van der Waals surface area contributed by atoms with E-state index in [-0.39, 0.29) is 18.7 Å². The predicted molar refractivity (Wildman–Crippen MR) is 96.6 cm³/mol. The molecule has 0 saturated carbocycles. The van der Waals surface area contributed by atoms with Crippen LogP contribution < -0.4 is 4.74 Å². The van der Waals surface area contributed by atoms with Crippen molar-refractivity contribution in [1.82, 2.24) is 4.98 Å². The van der Waals surface area contributed by atoms with E-state index in [0.29, 0.717) is 16.3 Å². The van der Waals surface area contributed by atoms with E-state index in [0.717, 1.165) is 18.2 Å². The normalized spacial score (nSPS) is 12.1. The highest BCUT2D eigenvalue weighted by atomic mass is 35.5. The molecule has 0 aliphatic heterocycles. The smallest absolute Gasteiger partial charge is 0.344 e. The monoisotopic (exact) mass is 349 g/mol. The van der Waals surface area contributed by atoms with Crippen molar-refractivity contribution in [2.24, 2.45) is 0 Å². The maximum Gasteiger partial charge on any atom is 0.344 e. The van der Waals surface area contributed by atoms with Gasteiger partial charge in [-0.15, -0.1) is 0 Å². The lowest BCUT2D eigenvalue weighted by molar-refractivity contribution is -0.150. The van der Waals surface area contributed by atoms with Crippen LogP contribution in [0.25, 0.3) is 10.9 Å². The predicted octanol–water partition coefficient (Wildman–Crippen LogP) is 5.17. The van der Waals surface area contributed by atoms with Gasteiger partial charge in [0.25, 0.3) is 0 Å². The molecule has 4 nitrogen and oxygen atoms in total. The van der Waals surface area contributed by atoms with Gasteiger partial charge in [-0.3, -0.25) is 4.98 Å². The van der Waals surface area contributed by atoms with Crippen LogP contribution in [0.4, 0.5) is 0 Å². The Labute approximate surface area is 148 Å². The number of fused-ring (bicyclic) bond motifs is 1. The van der Waals surface area contributed by atoms with Crippen LogP contribution in [0.2, 0.25) is 5.02 Å². The van der Waals surface area contributed by atoms with Crippen LogP contribution in [0.5, 0.6) is 5.75 Å². The van der Waals surface area contributed by atoms with Gasteiger partial charge in [0.05, 0.1) is 11.1 Å². The van der Waals surface area contributed by atoms with Crippen molar-refractivity contribution >= 4 is 28.5 Å². The maximum atomic E-state index is 11.9. The SMILES string of the molecule is CCCCCCC(C)OC(=O)COc1ccc(Cl)c2cccnc12. The molecule has 0 aliphatic rings. The summed E-state index contributed by atoms with van der Waals surface area (Å²) in [4.78, 5) is 16.2. The first kappa shape index (κ1) is 18.5. The zero-order chi connectivity index (χ0) is 17.4. The highest BCUT2D eigenvalue weighted by molar-refractivity contribution is 6.35. The number of hydrogen-bond acceptors (Lipinski definition) is 4. The van der Waals surface area contributed by atoms with Crippen LogP contribution in [0.1, 0.15) is 46.0 Å². The molecule has 2 rings (SSSR count). The second kappa shape index (κ2) is 9.48. The number of aromatic nitrogens is 1. The Morgan fingerprint density at radius 1 is 1.25 bits per heavy atom. The molecule has 0 saturated heterocycles. The highest BCUT2D eigenvalue weighted by Crippen LogP contribution is 2.29. The summed E-state index contributed by atoms with van der Waals surface area (Å²) >= 11 is 6.14. The van der Waals surface area contributed by atoms with Crippen LogP contribution in [-0.4, -0.2) is 23.7 Å². The largest absolute Gasteiger partial charge is 0.480 e. The van der Waals surface area contributed by atoms with E-state index < -0.39 is 0 Å². The Bertz CT molecular complexity index is 675. The molecule has 0 amide bonds. The molecular formula is C19H24ClNO3. The summed E-state index contributed by atoms with van der Waals surface area (Å²) in [5.41, 5.74) is 0.644. The molecule has 1 atom stereocenters. The average molecular weight is 350 g/mol. The van der Waals surface area contributed by atoms with E-state index in [1.54, 1.807) is 18.3 Å². The van der Waals surface area contributed by atoms with E-state index in [1.807, 2.05) is 19.1 Å². The van der Waals surface area contributed by atoms with Crippen molar-refractivity contribution in [3.63, 3.8) is 0 Å². The number of rotatable bonds is 9. The number of benzene rings is 1. The van der Waals surface area contributed by atoms with Crippen molar-refractivity contribution in [3.05, 3.63) is 35.5 Å². The first-order valence-electron chi connectivity index (χ1n) is 8.47. The number of esters is 1. The molecule has 0 spiro atoms. The summed E-state index contributed by atoms with van der Waals surface area (Å²) in [6.45, 7) is 3.96. The van der Waals surface area contributed by atoms with Crippen molar-refractivity contribution in [2.45, 2.75) is 52.1 Å². The second-order valence-corrected chi connectivity index (χ2v) is 6.29. The van der Waals surface area contributed by atoms with Gasteiger partial charge in [0, 0.05) is 11.6 Å². The molecular weight excluding hydrogens is 326 g/mol. The summed E-state index contributed by atoms with van der Waals surface area (Å²) in [7, 11) is 0. The molecule has 1 unspecified atom stereocenters. The van der Waals surface area contributed by atoms with Crippen molar-refractivity contribution in [2.75, 3.05) is 6.61 Å². The van der Waals surface area contributed by atoms with Gasteiger partial charge in [0.15, 0.2) is 6.61 Å². The topological polar surface area (TPSA) is 48.4 Å². The zero-order valence-corrected chi connectivity index (χ0v) is 15.0. The summed E-state index contributed by atoms with van der Waals surface area (Å²) in [5.74, 6) is 0.166. The first-order chi connectivity index (χ1) is 11.6. The molecule has 24 heavy (non-hydrogen) atoms. The Kier molecular flexibility index (Phi) is 7.32. The Balaban J connectivity index is 1.85. The molecule has 1 heterocycles. The van der Waals surface area contributed by atoms with E-state index in [2.05, 4.69) is 11.9 Å². The highest BCUT2D eigenvalue weighted by Gasteiger charge is 2.12. The molecule has 0 fully saturated rings. The Morgan fingerprint density at radius 3 is 2.88 bits per heavy atom. The number of nitrogens with zero attached hydrogens (tertiary/aromatic N) is 1. The molecule has 130 valence electrons. The van der Waals surface area contributed by atoms with E-state index in [4.69, 9.17) is 21.1 Å². The molecule has 1 aromatic carbocycles. The third-order valence-corrected chi connectivity index (χ3v) is 4.15. The van der Waals surface area contributed by atoms with E-state index >= 15 is 0 Å².